The van der Waals surface area contributed by atoms with E-state index in [2.05, 4.69) is 52.0 Å². The van der Waals surface area contributed by atoms with Crippen LogP contribution < -0.4 is 0 Å². The van der Waals surface area contributed by atoms with Crippen LogP contribution in [0.5, 0.6) is 0 Å². The molecule has 2 aliphatic heterocycles. The van der Waals surface area contributed by atoms with E-state index < -0.39 is 0 Å². The Labute approximate surface area is 163 Å². The van der Waals surface area contributed by atoms with E-state index in [1.807, 2.05) is 9.80 Å². The molecule has 0 bridgehead atoms. The van der Waals surface area contributed by atoms with Gasteiger partial charge in [0.05, 0.1) is 5.92 Å². The second-order valence-corrected chi connectivity index (χ2v) is 8.83. The first kappa shape index (κ1) is 19.9. The molecule has 2 amide bonds. The third-order valence-electron chi connectivity index (χ3n) is 6.29. The first-order valence-corrected chi connectivity index (χ1v) is 10.5. The third-order valence-corrected chi connectivity index (χ3v) is 6.29. The van der Waals surface area contributed by atoms with E-state index in [1.54, 1.807) is 0 Å². The van der Waals surface area contributed by atoms with Crippen molar-refractivity contribution in [2.75, 3.05) is 19.6 Å². The van der Waals surface area contributed by atoms with Crippen molar-refractivity contribution < 1.29 is 9.59 Å². The first-order chi connectivity index (χ1) is 12.9. The van der Waals surface area contributed by atoms with Crippen molar-refractivity contribution in [2.45, 2.75) is 65.3 Å². The summed E-state index contributed by atoms with van der Waals surface area (Å²) in [5, 5.41) is 0. The van der Waals surface area contributed by atoms with Crippen LogP contribution in [0.2, 0.25) is 0 Å². The Morgan fingerprint density at radius 3 is 2.22 bits per heavy atom. The van der Waals surface area contributed by atoms with Crippen LogP contribution >= 0.6 is 0 Å². The Bertz CT molecular complexity index is 659. The highest BCUT2D eigenvalue weighted by Gasteiger charge is 2.40. The summed E-state index contributed by atoms with van der Waals surface area (Å²) in [6.07, 6.45) is 3.87. The topological polar surface area (TPSA) is 40.6 Å². The molecule has 0 N–H and O–H groups in total. The Hall–Kier alpha value is -1.84. The maximum atomic E-state index is 13.5. The van der Waals surface area contributed by atoms with Gasteiger partial charge in [-0.3, -0.25) is 9.59 Å². The minimum absolute atomic E-state index is 0.120. The average Bonchev–Trinajstić information content (AvgIpc) is 3.13. The largest absolute Gasteiger partial charge is 0.341 e. The molecule has 1 unspecified atom stereocenters. The first-order valence-electron chi connectivity index (χ1n) is 10.5. The van der Waals surface area contributed by atoms with Gasteiger partial charge in [-0.15, -0.1) is 0 Å². The second-order valence-electron chi connectivity index (χ2n) is 8.83. The van der Waals surface area contributed by atoms with Gasteiger partial charge in [0.15, 0.2) is 0 Å². The summed E-state index contributed by atoms with van der Waals surface area (Å²) in [5.74, 6) is 1.00. The monoisotopic (exact) mass is 370 g/mol. The van der Waals surface area contributed by atoms with Crippen LogP contribution in [0.15, 0.2) is 24.3 Å². The molecule has 4 nitrogen and oxygen atoms in total. The number of carbonyl (C=O) groups excluding carboxylic acids is 2. The Morgan fingerprint density at radius 1 is 1.00 bits per heavy atom. The Kier molecular flexibility index (Phi) is 6.23. The highest BCUT2D eigenvalue weighted by atomic mass is 16.2. The third kappa shape index (κ3) is 4.36. The van der Waals surface area contributed by atoms with Gasteiger partial charge in [0.1, 0.15) is 6.04 Å². The lowest BCUT2D eigenvalue weighted by Gasteiger charge is -2.36. The van der Waals surface area contributed by atoms with Gasteiger partial charge in [0.2, 0.25) is 11.8 Å². The Balaban J connectivity index is 1.77. The zero-order valence-electron chi connectivity index (χ0n) is 17.3. The molecule has 27 heavy (non-hydrogen) atoms. The average molecular weight is 371 g/mol. The number of piperidine rings is 1. The molecule has 148 valence electrons. The lowest BCUT2D eigenvalue weighted by molar-refractivity contribution is -0.146. The lowest BCUT2D eigenvalue weighted by atomic mass is 9.86. The molecule has 2 aliphatic rings. The fourth-order valence-corrected chi connectivity index (χ4v) is 4.49. The van der Waals surface area contributed by atoms with Crippen molar-refractivity contribution in [1.82, 2.24) is 9.80 Å². The fraction of sp³-hybridized carbons (Fsp3) is 0.652. The number of hydrogen-bond donors (Lipinski definition) is 0. The van der Waals surface area contributed by atoms with E-state index in [4.69, 9.17) is 0 Å². The minimum atomic E-state index is -0.266. The number of rotatable bonds is 4. The van der Waals surface area contributed by atoms with E-state index in [9.17, 15) is 9.59 Å². The van der Waals surface area contributed by atoms with Gasteiger partial charge < -0.3 is 9.80 Å². The van der Waals surface area contributed by atoms with Crippen molar-refractivity contribution in [1.29, 1.82) is 0 Å². The quantitative estimate of drug-likeness (QED) is 0.804. The molecule has 0 radical (unpaired) electrons. The van der Waals surface area contributed by atoms with Crippen LogP contribution in [0.1, 0.15) is 63.5 Å². The summed E-state index contributed by atoms with van der Waals surface area (Å²) < 4.78 is 0. The number of amides is 2. The molecule has 0 aliphatic carbocycles. The summed E-state index contributed by atoms with van der Waals surface area (Å²) in [6, 6.07) is 8.00. The van der Waals surface area contributed by atoms with Gasteiger partial charge in [-0.05, 0) is 50.0 Å². The summed E-state index contributed by atoms with van der Waals surface area (Å²) >= 11 is 0. The number of benzene rings is 1. The molecular formula is C23H34N2O2. The second kappa shape index (κ2) is 8.45. The molecule has 2 saturated heterocycles. The molecule has 2 fully saturated rings. The zero-order chi connectivity index (χ0) is 19.6. The van der Waals surface area contributed by atoms with Crippen LogP contribution in [0.25, 0.3) is 0 Å². The van der Waals surface area contributed by atoms with Gasteiger partial charge in [-0.25, -0.2) is 0 Å². The van der Waals surface area contributed by atoms with Crippen LogP contribution in [-0.2, 0) is 9.59 Å². The van der Waals surface area contributed by atoms with Crippen molar-refractivity contribution in [2.24, 2.45) is 11.8 Å². The summed E-state index contributed by atoms with van der Waals surface area (Å²) in [5.41, 5.74) is 2.26. The Morgan fingerprint density at radius 2 is 1.63 bits per heavy atom. The van der Waals surface area contributed by atoms with Crippen molar-refractivity contribution in [3.05, 3.63) is 35.4 Å². The van der Waals surface area contributed by atoms with Crippen LogP contribution in [0, 0.1) is 18.8 Å². The van der Waals surface area contributed by atoms with Crippen molar-refractivity contribution >= 4 is 11.8 Å². The van der Waals surface area contributed by atoms with Crippen molar-refractivity contribution in [3.63, 3.8) is 0 Å². The summed E-state index contributed by atoms with van der Waals surface area (Å²) in [4.78, 5) is 30.5. The van der Waals surface area contributed by atoms with Gasteiger partial charge in [0.25, 0.3) is 0 Å². The lowest BCUT2D eigenvalue weighted by Crippen LogP contribution is -2.51. The molecule has 2 atom stereocenters. The van der Waals surface area contributed by atoms with E-state index in [-0.39, 0.29) is 29.7 Å². The summed E-state index contributed by atoms with van der Waals surface area (Å²) in [6.45, 7) is 10.9. The maximum Gasteiger partial charge on any atom is 0.245 e. The van der Waals surface area contributed by atoms with E-state index >= 15 is 0 Å². The van der Waals surface area contributed by atoms with Crippen LogP contribution in [-0.4, -0.2) is 47.3 Å². The fourth-order valence-electron chi connectivity index (χ4n) is 4.49. The highest BCUT2D eigenvalue weighted by molar-refractivity contribution is 5.91. The van der Waals surface area contributed by atoms with E-state index in [1.165, 1.54) is 5.56 Å². The molecule has 3 rings (SSSR count). The maximum absolute atomic E-state index is 13.5. The molecule has 2 heterocycles. The number of carbonyl (C=O) groups is 2. The molecule has 1 aromatic rings. The smallest absolute Gasteiger partial charge is 0.245 e. The highest BCUT2D eigenvalue weighted by Crippen LogP contribution is 2.31. The number of hydrogen-bond acceptors (Lipinski definition) is 2. The number of nitrogens with zero attached hydrogens (tertiary/aromatic N) is 2. The van der Waals surface area contributed by atoms with Crippen LogP contribution in [0.3, 0.4) is 0 Å². The molecular weight excluding hydrogens is 336 g/mol. The summed E-state index contributed by atoms with van der Waals surface area (Å²) in [7, 11) is 0. The predicted octanol–water partition coefficient (Wildman–Crippen LogP) is 3.98. The van der Waals surface area contributed by atoms with Crippen LogP contribution in [0.4, 0.5) is 0 Å². The molecule has 0 spiro atoms. The molecule has 0 aromatic heterocycles. The van der Waals surface area contributed by atoms with E-state index in [0.29, 0.717) is 12.5 Å². The number of aryl methyl sites for hydroxylation is 1. The predicted molar refractivity (Wildman–Crippen MR) is 108 cm³/mol. The number of likely N-dealkylation sites (tertiary alicyclic amines) is 2. The van der Waals surface area contributed by atoms with Gasteiger partial charge >= 0.3 is 0 Å². The normalized spacial score (nSPS) is 22.3. The van der Waals surface area contributed by atoms with Crippen molar-refractivity contribution in [3.8, 4) is 0 Å². The standard InChI is InChI=1S/C23H34N2O2/c1-16(2)21(19-9-7-17(3)8-10-19)23(27)25-13-5-6-20(25)22(26)24-14-11-18(4)12-15-24/h7-10,16,18,20-21H,5-6,11-15H2,1-4H3/t20-,21?/m1/s1. The van der Waals surface area contributed by atoms with Gasteiger partial charge in [-0.1, -0.05) is 50.6 Å². The molecule has 4 heteroatoms. The molecule has 0 saturated carbocycles. The SMILES string of the molecule is Cc1ccc(C(C(=O)N2CCC[C@@H]2C(=O)N2CCC(C)CC2)C(C)C)cc1. The molecule has 1 aromatic carbocycles. The van der Waals surface area contributed by atoms with Gasteiger partial charge in [-0.2, -0.15) is 0 Å². The minimum Gasteiger partial charge on any atom is -0.341 e. The zero-order valence-corrected chi connectivity index (χ0v) is 17.3. The van der Waals surface area contributed by atoms with E-state index in [0.717, 1.165) is 44.3 Å². The van der Waals surface area contributed by atoms with Gasteiger partial charge in [0, 0.05) is 19.6 Å².